The summed E-state index contributed by atoms with van der Waals surface area (Å²) in [5, 5.41) is 3.38. The number of guanidine groups is 1. The van der Waals surface area contributed by atoms with Gasteiger partial charge >= 0.3 is 0 Å². The SMILES string of the molecule is CN=C(NCc1coc(-c2ccccc2)n1)N1CCN(Cc2ccc(OC)c(F)c2)CC1.I. The van der Waals surface area contributed by atoms with Crippen LogP contribution in [0.25, 0.3) is 11.5 Å². The van der Waals surface area contributed by atoms with Gasteiger partial charge in [-0.25, -0.2) is 9.37 Å². The molecule has 33 heavy (non-hydrogen) atoms. The van der Waals surface area contributed by atoms with Crippen molar-refractivity contribution in [1.82, 2.24) is 20.1 Å². The number of methoxy groups -OCH3 is 1. The van der Waals surface area contributed by atoms with Gasteiger partial charge in [-0.2, -0.15) is 0 Å². The predicted molar refractivity (Wildman–Crippen MR) is 137 cm³/mol. The summed E-state index contributed by atoms with van der Waals surface area (Å²) in [4.78, 5) is 13.5. The fraction of sp³-hybridized carbons (Fsp3) is 0.333. The van der Waals surface area contributed by atoms with E-state index in [0.717, 1.165) is 49.0 Å². The van der Waals surface area contributed by atoms with Crippen LogP contribution in [0.15, 0.2) is 64.2 Å². The molecule has 1 saturated heterocycles. The highest BCUT2D eigenvalue weighted by Gasteiger charge is 2.20. The Balaban J connectivity index is 0.00000306. The van der Waals surface area contributed by atoms with Crippen LogP contribution in [0.4, 0.5) is 4.39 Å². The molecule has 0 bridgehead atoms. The summed E-state index contributed by atoms with van der Waals surface area (Å²) in [7, 11) is 3.26. The second-order valence-corrected chi connectivity index (χ2v) is 7.64. The lowest BCUT2D eigenvalue weighted by atomic mass is 10.2. The van der Waals surface area contributed by atoms with Crippen molar-refractivity contribution in [3.05, 3.63) is 71.9 Å². The van der Waals surface area contributed by atoms with E-state index in [4.69, 9.17) is 9.15 Å². The van der Waals surface area contributed by atoms with Gasteiger partial charge in [0.25, 0.3) is 0 Å². The Labute approximate surface area is 210 Å². The molecule has 3 aromatic rings. The number of nitrogens with one attached hydrogen (secondary N) is 1. The highest BCUT2D eigenvalue weighted by atomic mass is 127. The van der Waals surface area contributed by atoms with E-state index in [0.29, 0.717) is 19.0 Å². The Kier molecular flexibility index (Phi) is 9.07. The third-order valence-electron chi connectivity index (χ3n) is 5.51. The number of rotatable bonds is 6. The third-order valence-corrected chi connectivity index (χ3v) is 5.51. The minimum Gasteiger partial charge on any atom is -0.494 e. The largest absolute Gasteiger partial charge is 0.494 e. The molecule has 2 heterocycles. The molecule has 1 fully saturated rings. The number of oxazole rings is 1. The first-order valence-corrected chi connectivity index (χ1v) is 10.7. The molecule has 1 N–H and O–H groups in total. The van der Waals surface area contributed by atoms with Crippen LogP contribution in [-0.2, 0) is 13.1 Å². The quantitative estimate of drug-likeness (QED) is 0.277. The summed E-state index contributed by atoms with van der Waals surface area (Å²) in [5.74, 6) is 1.40. The Hall–Kier alpha value is -2.66. The van der Waals surface area contributed by atoms with Gasteiger partial charge in [-0.05, 0) is 29.8 Å². The van der Waals surface area contributed by atoms with Gasteiger partial charge in [-0.3, -0.25) is 9.89 Å². The van der Waals surface area contributed by atoms with Crippen molar-refractivity contribution in [2.24, 2.45) is 4.99 Å². The summed E-state index contributed by atoms with van der Waals surface area (Å²) in [6.07, 6.45) is 1.68. The van der Waals surface area contributed by atoms with Gasteiger partial charge in [0.15, 0.2) is 17.5 Å². The van der Waals surface area contributed by atoms with Crippen molar-refractivity contribution < 1.29 is 13.5 Å². The summed E-state index contributed by atoms with van der Waals surface area (Å²) in [6, 6.07) is 15.0. The Morgan fingerprint density at radius 2 is 1.91 bits per heavy atom. The van der Waals surface area contributed by atoms with Gasteiger partial charge in [-0.15, -0.1) is 24.0 Å². The van der Waals surface area contributed by atoms with Crippen molar-refractivity contribution >= 4 is 29.9 Å². The smallest absolute Gasteiger partial charge is 0.226 e. The third kappa shape index (κ3) is 6.44. The summed E-state index contributed by atoms with van der Waals surface area (Å²) < 4.78 is 24.6. The second-order valence-electron chi connectivity index (χ2n) is 7.64. The van der Waals surface area contributed by atoms with Crippen molar-refractivity contribution in [1.29, 1.82) is 0 Å². The van der Waals surface area contributed by atoms with Crippen LogP contribution >= 0.6 is 24.0 Å². The molecule has 0 aliphatic carbocycles. The van der Waals surface area contributed by atoms with E-state index in [1.165, 1.54) is 7.11 Å². The first kappa shape index (κ1) is 25.0. The van der Waals surface area contributed by atoms with Gasteiger partial charge in [0.05, 0.1) is 19.3 Å². The summed E-state index contributed by atoms with van der Waals surface area (Å²) in [6.45, 7) is 4.67. The summed E-state index contributed by atoms with van der Waals surface area (Å²) >= 11 is 0. The molecule has 1 aromatic heterocycles. The minimum absolute atomic E-state index is 0. The Morgan fingerprint density at radius 3 is 2.58 bits per heavy atom. The molecule has 4 rings (SSSR count). The van der Waals surface area contributed by atoms with Crippen LogP contribution < -0.4 is 10.1 Å². The molecule has 1 aliphatic rings. The fourth-order valence-corrected chi connectivity index (χ4v) is 3.79. The first-order valence-electron chi connectivity index (χ1n) is 10.7. The maximum Gasteiger partial charge on any atom is 0.226 e. The molecule has 2 aromatic carbocycles. The Bertz CT molecular complexity index is 1050. The van der Waals surface area contributed by atoms with Crippen LogP contribution in [0.5, 0.6) is 5.75 Å². The number of halogens is 2. The molecular formula is C24H29FIN5O2. The van der Waals surface area contributed by atoms with Gasteiger partial charge in [-0.1, -0.05) is 24.3 Å². The monoisotopic (exact) mass is 565 g/mol. The number of nitrogens with zero attached hydrogens (tertiary/aromatic N) is 4. The minimum atomic E-state index is -0.323. The van der Waals surface area contributed by atoms with Crippen molar-refractivity contribution in [2.75, 3.05) is 40.3 Å². The van der Waals surface area contributed by atoms with E-state index >= 15 is 0 Å². The second kappa shape index (κ2) is 12.0. The van der Waals surface area contributed by atoms with Crippen molar-refractivity contribution in [3.63, 3.8) is 0 Å². The average Bonchev–Trinajstić information content (AvgIpc) is 3.30. The Morgan fingerprint density at radius 1 is 1.15 bits per heavy atom. The molecule has 176 valence electrons. The number of ether oxygens (including phenoxy) is 1. The summed E-state index contributed by atoms with van der Waals surface area (Å²) in [5.41, 5.74) is 2.72. The lowest BCUT2D eigenvalue weighted by molar-refractivity contribution is 0.172. The molecular weight excluding hydrogens is 536 g/mol. The molecule has 7 nitrogen and oxygen atoms in total. The predicted octanol–water partition coefficient (Wildman–Crippen LogP) is 4.00. The molecule has 0 amide bonds. The zero-order valence-electron chi connectivity index (χ0n) is 18.8. The van der Waals surface area contributed by atoms with Crippen LogP contribution in [-0.4, -0.2) is 61.1 Å². The lowest BCUT2D eigenvalue weighted by Crippen LogP contribution is -2.52. The molecule has 0 radical (unpaired) electrons. The number of hydrogen-bond donors (Lipinski definition) is 1. The number of aliphatic imine (C=N–C) groups is 1. The van der Waals surface area contributed by atoms with E-state index in [9.17, 15) is 4.39 Å². The lowest BCUT2D eigenvalue weighted by Gasteiger charge is -2.36. The van der Waals surface area contributed by atoms with Gasteiger partial charge in [0, 0.05) is 45.3 Å². The van der Waals surface area contributed by atoms with Gasteiger partial charge in [0.1, 0.15) is 6.26 Å². The highest BCUT2D eigenvalue weighted by molar-refractivity contribution is 14.0. The van der Waals surface area contributed by atoms with Crippen LogP contribution in [0.3, 0.4) is 0 Å². The van der Waals surface area contributed by atoms with Gasteiger partial charge < -0.3 is 19.4 Å². The van der Waals surface area contributed by atoms with E-state index in [-0.39, 0.29) is 35.5 Å². The molecule has 0 spiro atoms. The number of hydrogen-bond acceptors (Lipinski definition) is 5. The number of piperazine rings is 1. The standard InChI is InChI=1S/C24H28FN5O2.HI/c1-26-24(27-15-20-17-32-23(28-20)19-6-4-3-5-7-19)30-12-10-29(11-13-30)16-18-8-9-22(31-2)21(25)14-18;/h3-9,14,17H,10-13,15-16H2,1-2H3,(H,26,27);1H. The average molecular weight is 565 g/mol. The molecule has 0 atom stereocenters. The van der Waals surface area contributed by atoms with E-state index < -0.39 is 0 Å². The van der Waals surface area contributed by atoms with Crippen molar-refractivity contribution in [3.8, 4) is 17.2 Å². The number of benzene rings is 2. The molecule has 0 saturated carbocycles. The van der Waals surface area contributed by atoms with Gasteiger partial charge in [0.2, 0.25) is 5.89 Å². The molecule has 1 aliphatic heterocycles. The first-order chi connectivity index (χ1) is 15.7. The van der Waals surface area contributed by atoms with Crippen LogP contribution in [0.1, 0.15) is 11.3 Å². The maximum atomic E-state index is 14.0. The topological polar surface area (TPSA) is 66.1 Å². The van der Waals surface area contributed by atoms with Crippen LogP contribution in [0.2, 0.25) is 0 Å². The molecule has 0 unspecified atom stereocenters. The fourth-order valence-electron chi connectivity index (χ4n) is 3.79. The van der Waals surface area contributed by atoms with Crippen LogP contribution in [0, 0.1) is 5.82 Å². The molecule has 9 heteroatoms. The van der Waals surface area contributed by atoms with E-state index in [1.54, 1.807) is 25.4 Å². The van der Waals surface area contributed by atoms with E-state index in [2.05, 4.69) is 25.1 Å². The van der Waals surface area contributed by atoms with E-state index in [1.807, 2.05) is 36.4 Å². The maximum absolute atomic E-state index is 14.0. The van der Waals surface area contributed by atoms with Crippen molar-refractivity contribution in [2.45, 2.75) is 13.1 Å². The highest BCUT2D eigenvalue weighted by Crippen LogP contribution is 2.20. The zero-order chi connectivity index (χ0) is 22.3. The number of aromatic nitrogens is 1. The normalized spacial score (nSPS) is 14.6. The zero-order valence-corrected chi connectivity index (χ0v) is 21.2.